The van der Waals surface area contributed by atoms with Crippen molar-refractivity contribution in [3.8, 4) is 11.8 Å². The van der Waals surface area contributed by atoms with Gasteiger partial charge < -0.3 is 4.74 Å². The van der Waals surface area contributed by atoms with Gasteiger partial charge in [-0.3, -0.25) is 4.40 Å². The summed E-state index contributed by atoms with van der Waals surface area (Å²) in [7, 11) is 0. The predicted octanol–water partition coefficient (Wildman–Crippen LogP) is 0.789. The van der Waals surface area contributed by atoms with Crippen LogP contribution in [0.3, 0.4) is 0 Å². The summed E-state index contributed by atoms with van der Waals surface area (Å²) >= 11 is 3.23. The monoisotopic (exact) mass is 253 g/mol. The zero-order valence-electron chi connectivity index (χ0n) is 6.88. The third kappa shape index (κ3) is 1.40. The number of fused-ring (bicyclic) bond motifs is 1. The molecule has 2 aromatic heterocycles. The Morgan fingerprint density at radius 1 is 1.64 bits per heavy atom. The third-order valence-corrected chi connectivity index (χ3v) is 2.13. The third-order valence-electron chi connectivity index (χ3n) is 1.55. The van der Waals surface area contributed by atoms with Crippen LogP contribution in [0.1, 0.15) is 0 Å². The van der Waals surface area contributed by atoms with Gasteiger partial charge in [0.2, 0.25) is 5.65 Å². The van der Waals surface area contributed by atoms with Gasteiger partial charge in [0.1, 0.15) is 12.4 Å². The van der Waals surface area contributed by atoms with Crippen molar-refractivity contribution in [1.29, 1.82) is 5.26 Å². The van der Waals surface area contributed by atoms with E-state index in [1.54, 1.807) is 4.40 Å². The number of nitriles is 1. The molecule has 2 aromatic rings. The minimum Gasteiger partial charge on any atom is -0.473 e. The maximum absolute atomic E-state index is 8.36. The predicted molar refractivity (Wildman–Crippen MR) is 49.6 cm³/mol. The highest BCUT2D eigenvalue weighted by Gasteiger charge is 2.07. The molecule has 14 heavy (non-hydrogen) atoms. The van der Waals surface area contributed by atoms with Gasteiger partial charge in [-0.05, 0) is 15.9 Å². The molecule has 0 aliphatic carbocycles. The average molecular weight is 254 g/mol. The Kier molecular flexibility index (Phi) is 2.28. The van der Waals surface area contributed by atoms with E-state index >= 15 is 0 Å². The fourth-order valence-corrected chi connectivity index (χ4v) is 1.34. The van der Waals surface area contributed by atoms with Crippen molar-refractivity contribution in [3.63, 3.8) is 0 Å². The standard InChI is InChI=1S/C7H4BrN5O/c8-7-10-3-5(14-2-1-9)6-12-11-4-13(6)7/h3-4H,2H2. The number of nitrogens with zero attached hydrogens (tertiary/aromatic N) is 5. The molecule has 0 aliphatic heterocycles. The van der Waals surface area contributed by atoms with Crippen molar-refractivity contribution in [1.82, 2.24) is 19.6 Å². The lowest BCUT2D eigenvalue weighted by molar-refractivity contribution is 0.368. The molecule has 2 rings (SSSR count). The van der Waals surface area contributed by atoms with Gasteiger partial charge in [0, 0.05) is 0 Å². The van der Waals surface area contributed by atoms with Gasteiger partial charge in [0.05, 0.1) is 6.20 Å². The summed E-state index contributed by atoms with van der Waals surface area (Å²) in [4.78, 5) is 4.00. The van der Waals surface area contributed by atoms with Crippen molar-refractivity contribution < 1.29 is 4.74 Å². The summed E-state index contributed by atoms with van der Waals surface area (Å²) in [6, 6.07) is 1.87. The Hall–Kier alpha value is -1.68. The molecule has 0 N–H and O–H groups in total. The molecule has 7 heteroatoms. The van der Waals surface area contributed by atoms with E-state index in [4.69, 9.17) is 10.00 Å². The van der Waals surface area contributed by atoms with Gasteiger partial charge in [-0.2, -0.15) is 5.26 Å². The van der Waals surface area contributed by atoms with E-state index in [0.717, 1.165) is 0 Å². The van der Waals surface area contributed by atoms with Crippen LogP contribution < -0.4 is 4.74 Å². The molecule has 2 heterocycles. The minimum absolute atomic E-state index is 0.0359. The van der Waals surface area contributed by atoms with Crippen LogP contribution in [0, 0.1) is 11.3 Å². The molecule has 0 fully saturated rings. The Morgan fingerprint density at radius 3 is 3.29 bits per heavy atom. The van der Waals surface area contributed by atoms with E-state index < -0.39 is 0 Å². The fraction of sp³-hybridized carbons (Fsp3) is 0.143. The number of rotatable bonds is 2. The molecule has 0 unspecified atom stereocenters. The highest BCUT2D eigenvalue weighted by molar-refractivity contribution is 9.10. The SMILES string of the molecule is N#CCOc1cnc(Br)n2cnnc12. The largest absolute Gasteiger partial charge is 0.473 e. The Bertz CT molecular complexity index is 502. The normalized spacial score (nSPS) is 10.0. The first kappa shape index (κ1) is 8.90. The maximum atomic E-state index is 8.36. The molecule has 6 nitrogen and oxygen atoms in total. The zero-order chi connectivity index (χ0) is 9.97. The van der Waals surface area contributed by atoms with E-state index in [0.29, 0.717) is 16.1 Å². The highest BCUT2D eigenvalue weighted by atomic mass is 79.9. The van der Waals surface area contributed by atoms with Crippen LogP contribution in [0.2, 0.25) is 0 Å². The smallest absolute Gasteiger partial charge is 0.206 e. The molecule has 0 saturated heterocycles. The van der Waals surface area contributed by atoms with Crippen LogP contribution >= 0.6 is 15.9 Å². The van der Waals surface area contributed by atoms with Gasteiger partial charge in [-0.15, -0.1) is 10.2 Å². The van der Waals surface area contributed by atoms with Crippen LogP contribution in [0.5, 0.6) is 5.75 Å². The van der Waals surface area contributed by atoms with Gasteiger partial charge in [0.15, 0.2) is 17.1 Å². The summed E-state index contributed by atoms with van der Waals surface area (Å²) < 4.78 is 7.32. The molecule has 0 amide bonds. The van der Waals surface area contributed by atoms with Gasteiger partial charge in [-0.1, -0.05) is 0 Å². The molecule has 70 valence electrons. The quantitative estimate of drug-likeness (QED) is 0.740. The van der Waals surface area contributed by atoms with Crippen LogP contribution in [0.15, 0.2) is 17.3 Å². The van der Waals surface area contributed by atoms with Crippen LogP contribution in [0.25, 0.3) is 5.65 Å². The second kappa shape index (κ2) is 3.59. The van der Waals surface area contributed by atoms with Crippen molar-refractivity contribution in [3.05, 3.63) is 17.3 Å². The van der Waals surface area contributed by atoms with Gasteiger partial charge in [-0.25, -0.2) is 4.98 Å². The molecule has 0 spiro atoms. The Morgan fingerprint density at radius 2 is 2.50 bits per heavy atom. The molecular formula is C7H4BrN5O. The number of halogens is 1. The first-order valence-corrected chi connectivity index (χ1v) is 4.46. The van der Waals surface area contributed by atoms with Gasteiger partial charge >= 0.3 is 0 Å². The molecule has 0 aliphatic rings. The number of hydrogen-bond acceptors (Lipinski definition) is 5. The average Bonchev–Trinajstić information content (AvgIpc) is 2.66. The van der Waals surface area contributed by atoms with E-state index in [-0.39, 0.29) is 6.61 Å². The zero-order valence-corrected chi connectivity index (χ0v) is 8.47. The topological polar surface area (TPSA) is 76.1 Å². The second-order valence-corrected chi connectivity index (χ2v) is 3.07. The summed E-state index contributed by atoms with van der Waals surface area (Å²) in [5.41, 5.74) is 0.530. The fourth-order valence-electron chi connectivity index (χ4n) is 0.982. The lowest BCUT2D eigenvalue weighted by atomic mass is 10.5. The minimum atomic E-state index is -0.0359. The summed E-state index contributed by atoms with van der Waals surface area (Å²) in [5.74, 6) is 0.437. The lowest BCUT2D eigenvalue weighted by Gasteiger charge is -2.02. The number of hydrogen-bond donors (Lipinski definition) is 0. The van der Waals surface area contributed by atoms with Crippen LogP contribution in [-0.4, -0.2) is 26.2 Å². The molecule has 0 aromatic carbocycles. The number of aromatic nitrogens is 4. The van der Waals surface area contributed by atoms with Crippen molar-refractivity contribution in [2.75, 3.05) is 6.61 Å². The maximum Gasteiger partial charge on any atom is 0.206 e. The van der Waals surface area contributed by atoms with E-state index in [1.807, 2.05) is 6.07 Å². The molecule has 0 bridgehead atoms. The van der Waals surface area contributed by atoms with Crippen LogP contribution in [0.4, 0.5) is 0 Å². The van der Waals surface area contributed by atoms with Crippen molar-refractivity contribution >= 4 is 21.6 Å². The summed E-state index contributed by atoms with van der Waals surface area (Å²) in [6.07, 6.45) is 3.00. The van der Waals surface area contributed by atoms with Gasteiger partial charge in [0.25, 0.3) is 0 Å². The van der Waals surface area contributed by atoms with Crippen molar-refractivity contribution in [2.24, 2.45) is 0 Å². The number of ether oxygens (including phenoxy) is 1. The highest BCUT2D eigenvalue weighted by Crippen LogP contribution is 2.19. The first-order valence-electron chi connectivity index (χ1n) is 3.67. The Balaban J connectivity index is 2.51. The summed E-state index contributed by atoms with van der Waals surface area (Å²) in [5, 5.41) is 15.9. The molecule has 0 saturated carbocycles. The molecule has 0 atom stereocenters. The lowest BCUT2D eigenvalue weighted by Crippen LogP contribution is -1.99. The second-order valence-electron chi connectivity index (χ2n) is 2.36. The van der Waals surface area contributed by atoms with E-state index in [9.17, 15) is 0 Å². The van der Waals surface area contributed by atoms with Crippen LogP contribution in [-0.2, 0) is 0 Å². The van der Waals surface area contributed by atoms with E-state index in [1.165, 1.54) is 12.5 Å². The van der Waals surface area contributed by atoms with Crippen molar-refractivity contribution in [2.45, 2.75) is 0 Å². The first-order chi connectivity index (χ1) is 6.83. The van der Waals surface area contributed by atoms with E-state index in [2.05, 4.69) is 31.1 Å². The Labute approximate surface area is 87.3 Å². The molecule has 0 radical (unpaired) electrons. The summed E-state index contributed by atoms with van der Waals surface area (Å²) in [6.45, 7) is -0.0359. The molecular weight excluding hydrogens is 250 g/mol.